The number of alkyl carbamates (subject to hydrolysis) is 1. The standard InChI is InChI=1S/C10H18N2O2/c1-10(2,3)14-9(13)12-7-8-5-4-6-11-8/h4-7H2,1-3H3,(H,12,13). The third-order valence-electron chi connectivity index (χ3n) is 1.79. The van der Waals surface area contributed by atoms with E-state index in [9.17, 15) is 4.79 Å². The summed E-state index contributed by atoms with van der Waals surface area (Å²) in [6.45, 7) is 6.96. The number of carbonyl (C=O) groups is 1. The lowest BCUT2D eigenvalue weighted by molar-refractivity contribution is 0.0536. The van der Waals surface area contributed by atoms with E-state index in [0.29, 0.717) is 6.54 Å². The Balaban J connectivity index is 2.21. The average molecular weight is 198 g/mol. The van der Waals surface area contributed by atoms with Gasteiger partial charge in [0.15, 0.2) is 0 Å². The zero-order valence-corrected chi connectivity index (χ0v) is 9.09. The van der Waals surface area contributed by atoms with Crippen LogP contribution in [0.4, 0.5) is 4.79 Å². The van der Waals surface area contributed by atoms with Crippen LogP contribution in [0.15, 0.2) is 4.99 Å². The highest BCUT2D eigenvalue weighted by molar-refractivity contribution is 5.89. The molecule has 0 unspecified atom stereocenters. The van der Waals surface area contributed by atoms with Gasteiger partial charge in [-0.25, -0.2) is 4.79 Å². The highest BCUT2D eigenvalue weighted by Crippen LogP contribution is 2.07. The van der Waals surface area contributed by atoms with Crippen LogP contribution >= 0.6 is 0 Å². The van der Waals surface area contributed by atoms with Crippen molar-refractivity contribution < 1.29 is 9.53 Å². The molecule has 0 radical (unpaired) electrons. The molecule has 0 fully saturated rings. The Labute approximate surface area is 84.7 Å². The molecule has 14 heavy (non-hydrogen) atoms. The monoisotopic (exact) mass is 198 g/mol. The van der Waals surface area contributed by atoms with Crippen molar-refractivity contribution in [3.8, 4) is 0 Å². The minimum Gasteiger partial charge on any atom is -0.444 e. The summed E-state index contributed by atoms with van der Waals surface area (Å²) in [5, 5.41) is 2.69. The minimum atomic E-state index is -0.429. The van der Waals surface area contributed by atoms with Crippen molar-refractivity contribution in [2.75, 3.05) is 13.1 Å². The summed E-state index contributed by atoms with van der Waals surface area (Å²) >= 11 is 0. The zero-order valence-electron chi connectivity index (χ0n) is 9.09. The van der Waals surface area contributed by atoms with Crippen LogP contribution < -0.4 is 5.32 Å². The van der Waals surface area contributed by atoms with Gasteiger partial charge in [-0.05, 0) is 33.6 Å². The summed E-state index contributed by atoms with van der Waals surface area (Å²) in [6, 6.07) is 0. The van der Waals surface area contributed by atoms with E-state index in [1.165, 1.54) is 0 Å². The van der Waals surface area contributed by atoms with Gasteiger partial charge >= 0.3 is 6.09 Å². The maximum atomic E-state index is 11.2. The summed E-state index contributed by atoms with van der Waals surface area (Å²) in [6.07, 6.45) is 1.73. The lowest BCUT2D eigenvalue weighted by Gasteiger charge is -2.19. The summed E-state index contributed by atoms with van der Waals surface area (Å²) in [5.74, 6) is 0. The topological polar surface area (TPSA) is 50.7 Å². The summed E-state index contributed by atoms with van der Waals surface area (Å²) in [4.78, 5) is 15.5. The molecule has 0 aromatic rings. The first kappa shape index (κ1) is 11.0. The molecule has 1 amide bonds. The Morgan fingerprint density at radius 1 is 1.57 bits per heavy atom. The number of ether oxygens (including phenoxy) is 1. The lowest BCUT2D eigenvalue weighted by atomic mass is 10.2. The fourth-order valence-corrected chi connectivity index (χ4v) is 1.23. The summed E-state index contributed by atoms with van der Waals surface area (Å²) in [5.41, 5.74) is 0.637. The first-order valence-electron chi connectivity index (χ1n) is 4.96. The minimum absolute atomic E-state index is 0.368. The number of nitrogens with zero attached hydrogens (tertiary/aromatic N) is 1. The quantitative estimate of drug-likeness (QED) is 0.734. The molecule has 0 atom stereocenters. The molecule has 0 aliphatic carbocycles. The van der Waals surface area contributed by atoms with E-state index in [2.05, 4.69) is 10.3 Å². The number of hydrogen-bond donors (Lipinski definition) is 1. The number of carbonyl (C=O) groups excluding carboxylic acids is 1. The SMILES string of the molecule is CC(C)(C)OC(=O)NCC1=NCCC1. The van der Waals surface area contributed by atoms with E-state index in [1.54, 1.807) is 0 Å². The average Bonchev–Trinajstić information content (AvgIpc) is 2.49. The van der Waals surface area contributed by atoms with Gasteiger partial charge in [0, 0.05) is 12.3 Å². The molecular formula is C10H18N2O2. The van der Waals surface area contributed by atoms with Gasteiger partial charge < -0.3 is 10.1 Å². The van der Waals surface area contributed by atoms with Gasteiger partial charge in [0.1, 0.15) is 5.60 Å². The lowest BCUT2D eigenvalue weighted by Crippen LogP contribution is -2.35. The van der Waals surface area contributed by atoms with Crippen LogP contribution in [0.2, 0.25) is 0 Å². The maximum absolute atomic E-state index is 11.2. The van der Waals surface area contributed by atoms with E-state index in [4.69, 9.17) is 4.74 Å². The smallest absolute Gasteiger partial charge is 0.407 e. The molecule has 1 N–H and O–H groups in total. The molecule has 0 bridgehead atoms. The van der Waals surface area contributed by atoms with Crippen molar-refractivity contribution in [2.24, 2.45) is 4.99 Å². The molecule has 1 aliphatic rings. The maximum Gasteiger partial charge on any atom is 0.407 e. The van der Waals surface area contributed by atoms with Crippen molar-refractivity contribution in [1.29, 1.82) is 0 Å². The highest BCUT2D eigenvalue weighted by atomic mass is 16.6. The second-order valence-electron chi connectivity index (χ2n) is 4.41. The molecule has 1 rings (SSSR count). The van der Waals surface area contributed by atoms with Crippen LogP contribution in [0.1, 0.15) is 33.6 Å². The molecule has 80 valence electrons. The molecule has 0 saturated heterocycles. The van der Waals surface area contributed by atoms with E-state index in [1.807, 2.05) is 20.8 Å². The molecule has 0 aromatic heterocycles. The molecule has 1 heterocycles. The van der Waals surface area contributed by atoms with E-state index in [-0.39, 0.29) is 6.09 Å². The van der Waals surface area contributed by atoms with Crippen LogP contribution in [0.3, 0.4) is 0 Å². The molecule has 4 heteroatoms. The fourth-order valence-electron chi connectivity index (χ4n) is 1.23. The van der Waals surface area contributed by atoms with Gasteiger partial charge in [0.05, 0.1) is 6.54 Å². The molecule has 0 saturated carbocycles. The van der Waals surface area contributed by atoms with Crippen molar-refractivity contribution in [2.45, 2.75) is 39.2 Å². The Morgan fingerprint density at radius 3 is 2.79 bits per heavy atom. The summed E-state index contributed by atoms with van der Waals surface area (Å²) in [7, 11) is 0. The van der Waals surface area contributed by atoms with Crippen molar-refractivity contribution >= 4 is 11.8 Å². The normalized spacial score (nSPS) is 16.4. The molecule has 4 nitrogen and oxygen atoms in total. The number of rotatable bonds is 2. The highest BCUT2D eigenvalue weighted by Gasteiger charge is 2.16. The molecular weight excluding hydrogens is 180 g/mol. The van der Waals surface area contributed by atoms with Crippen LogP contribution in [-0.2, 0) is 4.74 Å². The Kier molecular flexibility index (Phi) is 3.49. The first-order chi connectivity index (χ1) is 6.47. The van der Waals surface area contributed by atoms with Gasteiger partial charge in [0.25, 0.3) is 0 Å². The third kappa shape index (κ3) is 4.25. The van der Waals surface area contributed by atoms with Crippen LogP contribution in [0, 0.1) is 0 Å². The number of nitrogens with one attached hydrogen (secondary N) is 1. The van der Waals surface area contributed by atoms with Gasteiger partial charge in [0.2, 0.25) is 0 Å². The van der Waals surface area contributed by atoms with E-state index in [0.717, 1.165) is 25.1 Å². The van der Waals surface area contributed by atoms with Crippen LogP contribution in [0.25, 0.3) is 0 Å². The Hall–Kier alpha value is -1.06. The van der Waals surface area contributed by atoms with Crippen molar-refractivity contribution in [3.63, 3.8) is 0 Å². The Bertz CT molecular complexity index is 241. The third-order valence-corrected chi connectivity index (χ3v) is 1.79. The zero-order chi connectivity index (χ0) is 10.6. The van der Waals surface area contributed by atoms with Gasteiger partial charge in [-0.3, -0.25) is 4.99 Å². The van der Waals surface area contributed by atoms with Crippen LogP contribution in [0.5, 0.6) is 0 Å². The van der Waals surface area contributed by atoms with Gasteiger partial charge in [-0.2, -0.15) is 0 Å². The molecule has 0 aromatic carbocycles. The van der Waals surface area contributed by atoms with Crippen molar-refractivity contribution in [3.05, 3.63) is 0 Å². The predicted molar refractivity (Wildman–Crippen MR) is 55.8 cm³/mol. The van der Waals surface area contributed by atoms with Gasteiger partial charge in [-0.15, -0.1) is 0 Å². The van der Waals surface area contributed by atoms with Gasteiger partial charge in [-0.1, -0.05) is 0 Å². The summed E-state index contributed by atoms with van der Waals surface area (Å²) < 4.78 is 5.09. The molecule has 0 spiro atoms. The number of hydrogen-bond acceptors (Lipinski definition) is 3. The van der Waals surface area contributed by atoms with Crippen molar-refractivity contribution in [1.82, 2.24) is 5.32 Å². The second-order valence-corrected chi connectivity index (χ2v) is 4.41. The Morgan fingerprint density at radius 2 is 2.29 bits per heavy atom. The fraction of sp³-hybridized carbons (Fsp3) is 0.800. The first-order valence-corrected chi connectivity index (χ1v) is 4.96. The number of aliphatic imine (C=N–C) groups is 1. The molecule has 1 aliphatic heterocycles. The predicted octanol–water partition coefficient (Wildman–Crippen LogP) is 1.75. The van der Waals surface area contributed by atoms with E-state index >= 15 is 0 Å². The largest absolute Gasteiger partial charge is 0.444 e. The van der Waals surface area contributed by atoms with E-state index < -0.39 is 5.60 Å². The second kappa shape index (κ2) is 4.44. The number of amides is 1. The van der Waals surface area contributed by atoms with Crippen LogP contribution in [-0.4, -0.2) is 30.5 Å².